The van der Waals surface area contributed by atoms with Gasteiger partial charge in [0.1, 0.15) is 0 Å². The minimum absolute atomic E-state index is 0.544. The van der Waals surface area contributed by atoms with Crippen molar-refractivity contribution in [3.63, 3.8) is 0 Å². The summed E-state index contributed by atoms with van der Waals surface area (Å²) in [6.07, 6.45) is 1.28. The molecular weight excluding hydrogens is 308 g/mol. The van der Waals surface area contributed by atoms with Crippen LogP contribution in [-0.4, -0.2) is 11.0 Å². The maximum Gasteiger partial charge on any atom is 0.0931 e. The Balaban J connectivity index is 1.53. The van der Waals surface area contributed by atoms with Gasteiger partial charge in [0.05, 0.1) is 15.0 Å². The second-order valence-electron chi connectivity index (χ2n) is 5.56. The molecule has 5 heteroatoms. The molecule has 0 saturated heterocycles. The van der Waals surface area contributed by atoms with Gasteiger partial charge in [-0.25, -0.2) is 4.98 Å². The largest absolute Gasteiger partial charge is 0.309 e. The van der Waals surface area contributed by atoms with Crippen LogP contribution >= 0.6 is 34.3 Å². The van der Waals surface area contributed by atoms with Crippen LogP contribution in [0.25, 0.3) is 0 Å². The monoisotopic (exact) mass is 326 g/mol. The molecule has 1 fully saturated rings. The molecule has 2 heterocycles. The van der Waals surface area contributed by atoms with E-state index in [1.165, 1.54) is 21.9 Å². The molecule has 0 aliphatic heterocycles. The summed E-state index contributed by atoms with van der Waals surface area (Å²) in [5.74, 6) is 1.46. The zero-order valence-corrected chi connectivity index (χ0v) is 14.3. The number of nitrogens with zero attached hydrogens (tertiary/aromatic N) is 1. The van der Waals surface area contributed by atoms with E-state index in [0.717, 1.165) is 21.8 Å². The molecule has 2 nitrogen and oxygen atoms in total. The number of hydrogen-bond donors (Lipinski definition) is 1. The maximum absolute atomic E-state index is 6.02. The fourth-order valence-corrected chi connectivity index (χ4v) is 4.90. The van der Waals surface area contributed by atoms with Crippen LogP contribution in [0.3, 0.4) is 0 Å². The normalized spacial score (nSPS) is 23.0. The zero-order valence-electron chi connectivity index (χ0n) is 11.9. The Morgan fingerprint density at radius 1 is 1.40 bits per heavy atom. The molecule has 1 N–H and O–H groups in total. The first kappa shape index (κ1) is 14.5. The lowest BCUT2D eigenvalue weighted by Gasteiger charge is -2.13. The van der Waals surface area contributed by atoms with E-state index in [1.807, 2.05) is 6.07 Å². The molecule has 108 valence electrons. The highest BCUT2D eigenvalue weighted by atomic mass is 35.5. The smallest absolute Gasteiger partial charge is 0.0931 e. The van der Waals surface area contributed by atoms with Crippen molar-refractivity contribution in [2.75, 3.05) is 0 Å². The Bertz CT molecular complexity index is 605. The van der Waals surface area contributed by atoms with Gasteiger partial charge >= 0.3 is 0 Å². The Labute approximate surface area is 133 Å². The number of nitrogens with one attached hydrogen (secondary N) is 1. The molecule has 20 heavy (non-hydrogen) atoms. The van der Waals surface area contributed by atoms with Crippen molar-refractivity contribution < 1.29 is 0 Å². The van der Waals surface area contributed by atoms with Gasteiger partial charge in [-0.2, -0.15) is 0 Å². The van der Waals surface area contributed by atoms with Crippen molar-refractivity contribution in [2.24, 2.45) is 5.92 Å². The Hall–Kier alpha value is -0.420. The Morgan fingerprint density at radius 3 is 2.80 bits per heavy atom. The maximum atomic E-state index is 6.02. The number of hydrogen-bond acceptors (Lipinski definition) is 4. The van der Waals surface area contributed by atoms with Gasteiger partial charge in [0.25, 0.3) is 0 Å². The number of aromatic nitrogens is 1. The molecule has 1 aliphatic carbocycles. The molecule has 3 atom stereocenters. The van der Waals surface area contributed by atoms with Crippen LogP contribution < -0.4 is 5.32 Å². The number of rotatable bonds is 5. The summed E-state index contributed by atoms with van der Waals surface area (Å²) >= 11 is 9.55. The molecule has 0 spiro atoms. The first-order valence-electron chi connectivity index (χ1n) is 6.96. The van der Waals surface area contributed by atoms with Crippen LogP contribution in [0.2, 0.25) is 4.34 Å². The fourth-order valence-electron chi connectivity index (χ4n) is 2.76. The van der Waals surface area contributed by atoms with Gasteiger partial charge in [0.15, 0.2) is 0 Å². The summed E-state index contributed by atoms with van der Waals surface area (Å²) < 4.78 is 0.905. The summed E-state index contributed by atoms with van der Waals surface area (Å²) in [5, 5.41) is 4.82. The SMILES string of the molecule is Cc1nc(C)c(CN[C@H](C)[C@@H]2C[C@H]2c2ccc(Cl)s2)s1. The summed E-state index contributed by atoms with van der Waals surface area (Å²) in [4.78, 5) is 7.29. The van der Waals surface area contributed by atoms with Gasteiger partial charge in [-0.05, 0) is 51.2 Å². The van der Waals surface area contributed by atoms with Gasteiger partial charge in [-0.3, -0.25) is 0 Å². The van der Waals surface area contributed by atoms with Gasteiger partial charge in [0.2, 0.25) is 0 Å². The third kappa shape index (κ3) is 3.08. The topological polar surface area (TPSA) is 24.9 Å². The minimum Gasteiger partial charge on any atom is -0.309 e. The van der Waals surface area contributed by atoms with Crippen molar-refractivity contribution in [1.29, 1.82) is 0 Å². The van der Waals surface area contributed by atoms with Crippen molar-refractivity contribution >= 4 is 34.3 Å². The first-order valence-corrected chi connectivity index (χ1v) is 8.97. The molecule has 1 saturated carbocycles. The van der Waals surface area contributed by atoms with E-state index < -0.39 is 0 Å². The second-order valence-corrected chi connectivity index (χ2v) is 8.59. The second kappa shape index (κ2) is 5.76. The van der Waals surface area contributed by atoms with Crippen LogP contribution in [-0.2, 0) is 6.54 Å². The Morgan fingerprint density at radius 2 is 2.20 bits per heavy atom. The first-order chi connectivity index (χ1) is 9.54. The zero-order chi connectivity index (χ0) is 14.3. The fraction of sp³-hybridized carbons (Fsp3) is 0.533. The standard InChI is InChI=1S/C15H19ClN2S2/c1-8(17-7-14-9(2)18-10(3)19-14)11-6-12(11)13-4-5-15(16)20-13/h4-5,8,11-12,17H,6-7H2,1-3H3/t8-,11+,12-/m1/s1. The van der Waals surface area contributed by atoms with Gasteiger partial charge in [-0.1, -0.05) is 11.6 Å². The summed E-state index contributed by atoms with van der Waals surface area (Å²) in [6, 6.07) is 4.74. The predicted octanol–water partition coefficient (Wildman–Crippen LogP) is 4.76. The number of aryl methyl sites for hydroxylation is 2. The van der Waals surface area contributed by atoms with E-state index in [9.17, 15) is 0 Å². The van der Waals surface area contributed by atoms with Gasteiger partial charge in [0, 0.05) is 22.3 Å². The molecule has 0 aromatic carbocycles. The van der Waals surface area contributed by atoms with Crippen LogP contribution in [0.1, 0.15) is 39.7 Å². The van der Waals surface area contributed by atoms with E-state index in [1.54, 1.807) is 22.7 Å². The average Bonchev–Trinajstić information content (AvgIpc) is 2.98. The van der Waals surface area contributed by atoms with E-state index in [4.69, 9.17) is 11.6 Å². The summed E-state index contributed by atoms with van der Waals surface area (Å²) in [5.41, 5.74) is 1.17. The van der Waals surface area contributed by atoms with Crippen molar-refractivity contribution in [3.05, 3.63) is 36.9 Å². The van der Waals surface area contributed by atoms with Gasteiger partial charge < -0.3 is 5.32 Å². The molecular formula is C15H19ClN2S2. The van der Waals surface area contributed by atoms with Crippen molar-refractivity contribution in [3.8, 4) is 0 Å². The van der Waals surface area contributed by atoms with Crippen LogP contribution in [0.15, 0.2) is 12.1 Å². The average molecular weight is 327 g/mol. The molecule has 0 bridgehead atoms. The van der Waals surface area contributed by atoms with E-state index >= 15 is 0 Å². The van der Waals surface area contributed by atoms with Crippen molar-refractivity contribution in [1.82, 2.24) is 10.3 Å². The number of thiophene rings is 1. The molecule has 0 radical (unpaired) electrons. The van der Waals surface area contributed by atoms with E-state index in [0.29, 0.717) is 12.0 Å². The van der Waals surface area contributed by atoms with Crippen LogP contribution in [0, 0.1) is 19.8 Å². The van der Waals surface area contributed by atoms with E-state index in [-0.39, 0.29) is 0 Å². The van der Waals surface area contributed by atoms with Crippen LogP contribution in [0.5, 0.6) is 0 Å². The lowest BCUT2D eigenvalue weighted by Crippen LogP contribution is -2.27. The molecule has 3 rings (SSSR count). The molecule has 1 aliphatic rings. The highest BCUT2D eigenvalue weighted by molar-refractivity contribution is 7.16. The highest BCUT2D eigenvalue weighted by Gasteiger charge is 2.42. The molecule has 0 amide bonds. The third-order valence-electron chi connectivity index (χ3n) is 4.03. The quantitative estimate of drug-likeness (QED) is 0.857. The number of halogens is 1. The summed E-state index contributed by atoms with van der Waals surface area (Å²) in [7, 11) is 0. The lowest BCUT2D eigenvalue weighted by molar-refractivity contribution is 0.490. The van der Waals surface area contributed by atoms with Crippen LogP contribution in [0.4, 0.5) is 0 Å². The van der Waals surface area contributed by atoms with Crippen molar-refractivity contribution in [2.45, 2.75) is 45.7 Å². The molecule has 2 aromatic rings. The lowest BCUT2D eigenvalue weighted by atomic mass is 10.1. The molecule has 0 unspecified atom stereocenters. The summed E-state index contributed by atoms with van der Waals surface area (Å²) in [6.45, 7) is 7.40. The third-order valence-corrected chi connectivity index (χ3v) is 6.46. The highest BCUT2D eigenvalue weighted by Crippen LogP contribution is 2.51. The predicted molar refractivity (Wildman–Crippen MR) is 88.1 cm³/mol. The molecule has 2 aromatic heterocycles. The number of thiazole rings is 1. The van der Waals surface area contributed by atoms with E-state index in [2.05, 4.69) is 37.1 Å². The minimum atomic E-state index is 0.544. The Kier molecular flexibility index (Phi) is 4.18. The van der Waals surface area contributed by atoms with Gasteiger partial charge in [-0.15, -0.1) is 22.7 Å².